The van der Waals surface area contributed by atoms with Gasteiger partial charge in [0.1, 0.15) is 0 Å². The zero-order valence-corrected chi connectivity index (χ0v) is 8.71. The normalized spacial score (nSPS) is 29.5. The summed E-state index contributed by atoms with van der Waals surface area (Å²) in [5, 5.41) is 0. The third-order valence-electron chi connectivity index (χ3n) is 2.88. The van der Waals surface area contributed by atoms with E-state index in [9.17, 15) is 0 Å². The minimum absolute atomic E-state index is 0.413. The zero-order valence-electron chi connectivity index (χ0n) is 8.71. The van der Waals surface area contributed by atoms with Crippen LogP contribution in [0.5, 0.6) is 0 Å². The lowest BCUT2D eigenvalue weighted by molar-refractivity contribution is 0.168. The SMILES string of the molecule is CC#CCN1CCC(N)C(CC)C1. The van der Waals surface area contributed by atoms with Gasteiger partial charge in [0.2, 0.25) is 0 Å². The molecule has 1 saturated heterocycles. The topological polar surface area (TPSA) is 29.3 Å². The molecule has 0 aromatic rings. The Labute approximate surface area is 81.5 Å². The Balaban J connectivity index is 2.38. The number of likely N-dealkylation sites (tertiary alicyclic amines) is 1. The molecular weight excluding hydrogens is 160 g/mol. The summed E-state index contributed by atoms with van der Waals surface area (Å²) in [5.41, 5.74) is 6.02. The first-order valence-corrected chi connectivity index (χ1v) is 5.15. The quantitative estimate of drug-likeness (QED) is 0.644. The Bertz CT molecular complexity index is 202. The number of rotatable bonds is 2. The van der Waals surface area contributed by atoms with E-state index in [0.29, 0.717) is 12.0 Å². The highest BCUT2D eigenvalue weighted by molar-refractivity contribution is 4.99. The first kappa shape index (κ1) is 10.6. The highest BCUT2D eigenvalue weighted by atomic mass is 15.1. The molecule has 13 heavy (non-hydrogen) atoms. The molecule has 2 N–H and O–H groups in total. The molecule has 1 aliphatic heterocycles. The van der Waals surface area contributed by atoms with E-state index in [0.717, 1.165) is 26.1 Å². The van der Waals surface area contributed by atoms with Gasteiger partial charge in [0.25, 0.3) is 0 Å². The summed E-state index contributed by atoms with van der Waals surface area (Å²) in [6, 6.07) is 0.413. The molecule has 0 aromatic heterocycles. The summed E-state index contributed by atoms with van der Waals surface area (Å²) >= 11 is 0. The molecule has 1 heterocycles. The fraction of sp³-hybridized carbons (Fsp3) is 0.818. The van der Waals surface area contributed by atoms with Crippen LogP contribution in [0.15, 0.2) is 0 Å². The molecule has 1 aliphatic rings. The average Bonchev–Trinajstić information content (AvgIpc) is 2.16. The van der Waals surface area contributed by atoms with Gasteiger partial charge in [0, 0.05) is 19.1 Å². The monoisotopic (exact) mass is 180 g/mol. The van der Waals surface area contributed by atoms with Gasteiger partial charge >= 0.3 is 0 Å². The number of hydrogen-bond acceptors (Lipinski definition) is 2. The first-order chi connectivity index (χ1) is 6.27. The summed E-state index contributed by atoms with van der Waals surface area (Å²) in [7, 11) is 0. The van der Waals surface area contributed by atoms with E-state index in [4.69, 9.17) is 5.73 Å². The van der Waals surface area contributed by atoms with Gasteiger partial charge in [-0.25, -0.2) is 0 Å². The van der Waals surface area contributed by atoms with Gasteiger partial charge in [-0.15, -0.1) is 5.92 Å². The highest BCUT2D eigenvalue weighted by Gasteiger charge is 2.24. The molecule has 0 aliphatic carbocycles. The molecule has 0 aromatic carbocycles. The molecule has 2 atom stereocenters. The van der Waals surface area contributed by atoms with Crippen LogP contribution in [0.25, 0.3) is 0 Å². The van der Waals surface area contributed by atoms with Crippen LogP contribution in [0.4, 0.5) is 0 Å². The average molecular weight is 180 g/mol. The van der Waals surface area contributed by atoms with Gasteiger partial charge < -0.3 is 5.73 Å². The van der Waals surface area contributed by atoms with E-state index in [2.05, 4.69) is 23.7 Å². The lowest BCUT2D eigenvalue weighted by Crippen LogP contribution is -2.46. The van der Waals surface area contributed by atoms with Crippen LogP contribution >= 0.6 is 0 Å². The summed E-state index contributed by atoms with van der Waals surface area (Å²) in [6.07, 6.45) is 2.32. The van der Waals surface area contributed by atoms with E-state index in [1.807, 2.05) is 6.92 Å². The smallest absolute Gasteiger partial charge is 0.0601 e. The lowest BCUT2D eigenvalue weighted by Gasteiger charge is -2.35. The molecule has 0 saturated carbocycles. The summed E-state index contributed by atoms with van der Waals surface area (Å²) in [6.45, 7) is 7.28. The molecule has 1 rings (SSSR count). The predicted octanol–water partition coefficient (Wildman–Crippen LogP) is 1.07. The van der Waals surface area contributed by atoms with Gasteiger partial charge in [-0.2, -0.15) is 0 Å². The minimum Gasteiger partial charge on any atom is -0.327 e. The molecular formula is C11H20N2. The number of hydrogen-bond donors (Lipinski definition) is 1. The second kappa shape index (κ2) is 5.26. The van der Waals surface area contributed by atoms with Crippen LogP contribution in [0.2, 0.25) is 0 Å². The molecule has 0 radical (unpaired) electrons. The van der Waals surface area contributed by atoms with Crippen molar-refractivity contribution in [1.29, 1.82) is 0 Å². The Morgan fingerprint density at radius 2 is 2.31 bits per heavy atom. The largest absolute Gasteiger partial charge is 0.327 e. The van der Waals surface area contributed by atoms with Crippen molar-refractivity contribution in [3.8, 4) is 11.8 Å². The molecule has 0 spiro atoms. The van der Waals surface area contributed by atoms with Crippen molar-refractivity contribution < 1.29 is 0 Å². The molecule has 2 nitrogen and oxygen atoms in total. The van der Waals surface area contributed by atoms with Gasteiger partial charge in [-0.3, -0.25) is 4.90 Å². The van der Waals surface area contributed by atoms with Crippen molar-refractivity contribution in [1.82, 2.24) is 4.90 Å². The molecule has 2 heteroatoms. The van der Waals surface area contributed by atoms with Crippen LogP contribution in [-0.4, -0.2) is 30.6 Å². The van der Waals surface area contributed by atoms with Crippen LogP contribution < -0.4 is 5.73 Å². The third-order valence-corrected chi connectivity index (χ3v) is 2.88. The fourth-order valence-corrected chi connectivity index (χ4v) is 1.89. The van der Waals surface area contributed by atoms with Crippen LogP contribution in [0.1, 0.15) is 26.7 Å². The maximum absolute atomic E-state index is 6.02. The van der Waals surface area contributed by atoms with Crippen molar-refractivity contribution in [3.63, 3.8) is 0 Å². The van der Waals surface area contributed by atoms with E-state index >= 15 is 0 Å². The van der Waals surface area contributed by atoms with Crippen molar-refractivity contribution in [2.45, 2.75) is 32.7 Å². The standard InChI is InChI=1S/C11H20N2/c1-3-5-7-13-8-6-11(12)10(4-2)9-13/h10-11H,4,6-9,12H2,1-2H3. The van der Waals surface area contributed by atoms with Gasteiger partial charge in [0.05, 0.1) is 6.54 Å². The van der Waals surface area contributed by atoms with E-state index < -0.39 is 0 Å². The second-order valence-electron chi connectivity index (χ2n) is 3.78. The van der Waals surface area contributed by atoms with Gasteiger partial charge in [0.15, 0.2) is 0 Å². The van der Waals surface area contributed by atoms with Gasteiger partial charge in [-0.05, 0) is 19.3 Å². The lowest BCUT2D eigenvalue weighted by atomic mass is 9.91. The van der Waals surface area contributed by atoms with Crippen molar-refractivity contribution in [2.75, 3.05) is 19.6 Å². The fourth-order valence-electron chi connectivity index (χ4n) is 1.89. The zero-order chi connectivity index (χ0) is 9.68. The molecule has 0 amide bonds. The van der Waals surface area contributed by atoms with E-state index in [-0.39, 0.29) is 0 Å². The van der Waals surface area contributed by atoms with E-state index in [1.54, 1.807) is 0 Å². The summed E-state index contributed by atoms with van der Waals surface area (Å²) in [5.74, 6) is 6.72. The maximum atomic E-state index is 6.02. The number of nitrogens with two attached hydrogens (primary N) is 1. The minimum atomic E-state index is 0.413. The molecule has 74 valence electrons. The Kier molecular flexibility index (Phi) is 4.27. The highest BCUT2D eigenvalue weighted by Crippen LogP contribution is 2.17. The van der Waals surface area contributed by atoms with Crippen molar-refractivity contribution in [3.05, 3.63) is 0 Å². The molecule has 0 bridgehead atoms. The van der Waals surface area contributed by atoms with Crippen LogP contribution in [0.3, 0.4) is 0 Å². The molecule has 2 unspecified atom stereocenters. The van der Waals surface area contributed by atoms with Crippen molar-refractivity contribution >= 4 is 0 Å². The van der Waals surface area contributed by atoms with Crippen LogP contribution in [0, 0.1) is 17.8 Å². The van der Waals surface area contributed by atoms with Crippen LogP contribution in [-0.2, 0) is 0 Å². The number of nitrogens with zero attached hydrogens (tertiary/aromatic N) is 1. The number of piperidine rings is 1. The Morgan fingerprint density at radius 3 is 2.92 bits per heavy atom. The first-order valence-electron chi connectivity index (χ1n) is 5.15. The predicted molar refractivity (Wildman–Crippen MR) is 56.3 cm³/mol. The molecule has 1 fully saturated rings. The summed E-state index contributed by atoms with van der Waals surface area (Å²) < 4.78 is 0. The maximum Gasteiger partial charge on any atom is 0.0601 e. The van der Waals surface area contributed by atoms with Crippen molar-refractivity contribution in [2.24, 2.45) is 11.7 Å². The second-order valence-corrected chi connectivity index (χ2v) is 3.78. The summed E-state index contributed by atoms with van der Waals surface area (Å²) in [4.78, 5) is 2.41. The van der Waals surface area contributed by atoms with Gasteiger partial charge in [-0.1, -0.05) is 19.3 Å². The van der Waals surface area contributed by atoms with E-state index in [1.165, 1.54) is 6.42 Å². The Hall–Kier alpha value is -0.520. The third kappa shape index (κ3) is 3.02. The Morgan fingerprint density at radius 1 is 1.54 bits per heavy atom.